The molecule has 1 fully saturated rings. The number of ether oxygens (including phenoxy) is 1. The van der Waals surface area contributed by atoms with E-state index in [4.69, 9.17) is 27.9 Å². The number of carbonyl (C=O) groups is 2. The average Bonchev–Trinajstić information content (AvgIpc) is 2.66. The Morgan fingerprint density at radius 2 is 1.65 bits per heavy atom. The summed E-state index contributed by atoms with van der Waals surface area (Å²) in [6, 6.07) is 7.15. The lowest BCUT2D eigenvalue weighted by Gasteiger charge is -2.36. The second-order valence-electron chi connectivity index (χ2n) is 7.70. The van der Waals surface area contributed by atoms with Crippen molar-refractivity contribution in [3.05, 3.63) is 57.6 Å². The molecule has 2 aromatic carbocycles. The van der Waals surface area contributed by atoms with Gasteiger partial charge in [-0.15, -0.1) is 0 Å². The van der Waals surface area contributed by atoms with Crippen LogP contribution in [0.1, 0.15) is 30.5 Å². The van der Waals surface area contributed by atoms with Crippen LogP contribution in [0.4, 0.5) is 13.2 Å². The van der Waals surface area contributed by atoms with E-state index in [2.05, 4.69) is 5.32 Å². The molecule has 0 aliphatic carbocycles. The van der Waals surface area contributed by atoms with Gasteiger partial charge in [0.05, 0.1) is 6.04 Å². The molecule has 3 unspecified atom stereocenters. The normalized spacial score (nSPS) is 23.3. The Kier molecular flexibility index (Phi) is 5.55. The fourth-order valence-electron chi connectivity index (χ4n) is 4.02. The Labute approximate surface area is 185 Å². The number of carbonyl (C=O) groups excluding carboxylic acids is 2. The van der Waals surface area contributed by atoms with Crippen molar-refractivity contribution < 1.29 is 27.5 Å². The van der Waals surface area contributed by atoms with E-state index in [0.717, 1.165) is 0 Å². The molecule has 2 aromatic rings. The van der Waals surface area contributed by atoms with Gasteiger partial charge in [0.25, 0.3) is 0 Å². The lowest BCUT2D eigenvalue weighted by molar-refractivity contribution is -0.175. The Balaban J connectivity index is 1.64. The highest BCUT2D eigenvalue weighted by Gasteiger charge is 2.49. The van der Waals surface area contributed by atoms with Crippen molar-refractivity contribution in [2.75, 3.05) is 0 Å². The van der Waals surface area contributed by atoms with Crippen LogP contribution in [0.2, 0.25) is 10.0 Å². The van der Waals surface area contributed by atoms with Crippen molar-refractivity contribution in [3.63, 3.8) is 0 Å². The zero-order chi connectivity index (χ0) is 22.5. The summed E-state index contributed by atoms with van der Waals surface area (Å²) in [4.78, 5) is 25.4. The predicted molar refractivity (Wildman–Crippen MR) is 108 cm³/mol. The molecule has 0 bridgehead atoms. The molecule has 2 aliphatic heterocycles. The quantitative estimate of drug-likeness (QED) is 0.603. The lowest BCUT2D eigenvalue weighted by Crippen LogP contribution is -2.57. The summed E-state index contributed by atoms with van der Waals surface area (Å²) in [6.45, 7) is 1.47. The number of alkyl halides is 3. The maximum Gasteiger partial charge on any atom is 0.408 e. The number of piperidine rings is 1. The number of amides is 2. The summed E-state index contributed by atoms with van der Waals surface area (Å²) in [6.07, 6.45) is -4.94. The molecule has 2 N–H and O–H groups in total. The molecule has 0 aromatic heterocycles. The highest BCUT2D eigenvalue weighted by atomic mass is 35.5. The zero-order valence-electron chi connectivity index (χ0n) is 16.1. The van der Waals surface area contributed by atoms with Gasteiger partial charge in [0.1, 0.15) is 23.5 Å². The second-order valence-corrected chi connectivity index (χ2v) is 8.57. The van der Waals surface area contributed by atoms with Crippen molar-refractivity contribution in [1.82, 2.24) is 10.6 Å². The van der Waals surface area contributed by atoms with Crippen molar-refractivity contribution in [1.29, 1.82) is 0 Å². The molecule has 164 valence electrons. The van der Waals surface area contributed by atoms with Gasteiger partial charge in [0.15, 0.2) is 0 Å². The molecule has 2 amide bonds. The van der Waals surface area contributed by atoms with Crippen molar-refractivity contribution in [2.24, 2.45) is 11.8 Å². The van der Waals surface area contributed by atoms with Crippen LogP contribution < -0.4 is 15.4 Å². The first-order valence-corrected chi connectivity index (χ1v) is 10.2. The summed E-state index contributed by atoms with van der Waals surface area (Å²) in [5.74, 6) is -2.85. The van der Waals surface area contributed by atoms with E-state index in [9.17, 15) is 22.8 Å². The number of fused-ring (bicyclic) bond motifs is 2. The predicted octanol–water partition coefficient (Wildman–Crippen LogP) is 5.01. The van der Waals surface area contributed by atoms with E-state index in [1.807, 2.05) is 5.32 Å². The number of benzene rings is 2. The highest BCUT2D eigenvalue weighted by Crippen LogP contribution is 2.45. The Morgan fingerprint density at radius 3 is 2.13 bits per heavy atom. The van der Waals surface area contributed by atoms with Crippen LogP contribution in [0.5, 0.6) is 11.5 Å². The van der Waals surface area contributed by atoms with Gasteiger partial charge >= 0.3 is 6.18 Å². The maximum atomic E-state index is 13.1. The molecular formula is C21H17Cl2F3N2O3. The molecular weight excluding hydrogens is 456 g/mol. The minimum Gasteiger partial charge on any atom is -0.456 e. The molecule has 4 rings (SSSR count). The smallest absolute Gasteiger partial charge is 0.408 e. The Bertz CT molecular complexity index is 1010. The fourth-order valence-corrected chi connectivity index (χ4v) is 4.35. The molecule has 31 heavy (non-hydrogen) atoms. The summed E-state index contributed by atoms with van der Waals surface area (Å²) in [5.41, 5.74) is 1.20. The monoisotopic (exact) mass is 472 g/mol. The topological polar surface area (TPSA) is 67.4 Å². The summed E-state index contributed by atoms with van der Waals surface area (Å²) < 4.78 is 45.0. The first kappa shape index (κ1) is 21.8. The van der Waals surface area contributed by atoms with Gasteiger partial charge in [0.2, 0.25) is 11.8 Å². The lowest BCUT2D eigenvalue weighted by atomic mass is 9.82. The maximum absolute atomic E-state index is 13.1. The number of rotatable bonds is 2. The average molecular weight is 473 g/mol. The van der Waals surface area contributed by atoms with Crippen LogP contribution in [0.15, 0.2) is 36.4 Å². The SMILES string of the molecule is CC1CC(C(F)(F)F)NC(=O)C1C(=O)NC1c2ccc(Cl)cc2Oc2cc(Cl)ccc21. The van der Waals surface area contributed by atoms with Crippen molar-refractivity contribution in [2.45, 2.75) is 31.6 Å². The third-order valence-corrected chi connectivity index (χ3v) is 6.00. The summed E-state index contributed by atoms with van der Waals surface area (Å²) in [5, 5.41) is 5.58. The first-order valence-electron chi connectivity index (χ1n) is 9.49. The third-order valence-electron chi connectivity index (χ3n) is 5.53. The molecule has 2 heterocycles. The Hall–Kier alpha value is -2.45. The number of nitrogens with one attached hydrogen (secondary N) is 2. The van der Waals surface area contributed by atoms with Crippen molar-refractivity contribution in [3.8, 4) is 11.5 Å². The van der Waals surface area contributed by atoms with Gasteiger partial charge in [-0.3, -0.25) is 9.59 Å². The van der Waals surface area contributed by atoms with Crippen LogP contribution in [0, 0.1) is 11.8 Å². The largest absolute Gasteiger partial charge is 0.456 e. The zero-order valence-corrected chi connectivity index (χ0v) is 17.6. The van der Waals surface area contributed by atoms with E-state index in [1.54, 1.807) is 36.4 Å². The molecule has 5 nitrogen and oxygen atoms in total. The Morgan fingerprint density at radius 1 is 1.10 bits per heavy atom. The molecule has 2 aliphatic rings. The van der Waals surface area contributed by atoms with Crippen LogP contribution in [0.3, 0.4) is 0 Å². The summed E-state index contributed by atoms with van der Waals surface area (Å²) in [7, 11) is 0. The van der Waals surface area contributed by atoms with Crippen LogP contribution in [-0.2, 0) is 9.59 Å². The van der Waals surface area contributed by atoms with Gasteiger partial charge in [-0.05, 0) is 36.6 Å². The van der Waals surface area contributed by atoms with Crippen LogP contribution >= 0.6 is 23.2 Å². The standard InChI is InChI=1S/C21H17Cl2F3N2O3/c1-9-6-16(21(24,25)26)27-19(29)17(9)20(30)28-18-12-4-2-10(22)7-14(12)31-15-8-11(23)3-5-13(15)18/h2-5,7-9,16-18H,6H2,1H3,(H,27,29)(H,28,30). The molecule has 0 spiro atoms. The van der Waals surface area contributed by atoms with Crippen molar-refractivity contribution >= 4 is 35.0 Å². The van der Waals surface area contributed by atoms with Gasteiger partial charge in [-0.2, -0.15) is 13.2 Å². The van der Waals surface area contributed by atoms with E-state index < -0.39 is 41.9 Å². The molecule has 1 saturated heterocycles. The minimum atomic E-state index is -4.57. The van der Waals surface area contributed by atoms with E-state index >= 15 is 0 Å². The summed E-state index contributed by atoms with van der Waals surface area (Å²) >= 11 is 12.1. The molecule has 3 atom stereocenters. The minimum absolute atomic E-state index is 0.376. The fraction of sp³-hybridized carbons (Fsp3) is 0.333. The van der Waals surface area contributed by atoms with E-state index in [-0.39, 0.29) is 6.42 Å². The van der Waals surface area contributed by atoms with Gasteiger partial charge in [-0.25, -0.2) is 0 Å². The number of halogens is 5. The van der Waals surface area contributed by atoms with Crippen LogP contribution in [-0.4, -0.2) is 24.0 Å². The second kappa shape index (κ2) is 7.91. The number of hydrogen-bond acceptors (Lipinski definition) is 3. The molecule has 10 heteroatoms. The van der Waals surface area contributed by atoms with Gasteiger partial charge < -0.3 is 15.4 Å². The first-order chi connectivity index (χ1) is 14.5. The molecule has 0 saturated carbocycles. The van der Waals surface area contributed by atoms with E-state index in [1.165, 1.54) is 6.92 Å². The van der Waals surface area contributed by atoms with E-state index in [0.29, 0.717) is 32.7 Å². The van der Waals surface area contributed by atoms with Gasteiger partial charge in [-0.1, -0.05) is 42.3 Å². The number of hydrogen-bond donors (Lipinski definition) is 2. The van der Waals surface area contributed by atoms with Crippen LogP contribution in [0.25, 0.3) is 0 Å². The molecule has 0 radical (unpaired) electrons. The highest BCUT2D eigenvalue weighted by molar-refractivity contribution is 6.31. The third kappa shape index (κ3) is 4.19. The van der Waals surface area contributed by atoms with Gasteiger partial charge in [0, 0.05) is 21.2 Å².